The summed E-state index contributed by atoms with van der Waals surface area (Å²) in [6.45, 7) is 1.18. The first-order valence-electron chi connectivity index (χ1n) is 7.92. The third-order valence-electron chi connectivity index (χ3n) is 3.77. The molecule has 0 aliphatic carbocycles. The summed E-state index contributed by atoms with van der Waals surface area (Å²) in [5.74, 6) is -0.633. The van der Waals surface area contributed by atoms with Gasteiger partial charge in [-0.25, -0.2) is 4.39 Å². The Labute approximate surface area is 139 Å². The number of nitrogens with one attached hydrogen (secondary N) is 1. The summed E-state index contributed by atoms with van der Waals surface area (Å²) in [5.41, 5.74) is 1.19. The van der Waals surface area contributed by atoms with Crippen molar-refractivity contribution in [3.8, 4) is 5.75 Å². The van der Waals surface area contributed by atoms with E-state index in [1.54, 1.807) is 12.1 Å². The van der Waals surface area contributed by atoms with E-state index < -0.39 is 5.82 Å². The highest BCUT2D eigenvalue weighted by atomic mass is 19.1. The number of amides is 1. The highest BCUT2D eigenvalue weighted by Crippen LogP contribution is 2.16. The quantitative estimate of drug-likeness (QED) is 0.677. The number of benzene rings is 2. The first-order chi connectivity index (χ1) is 11.7. The van der Waals surface area contributed by atoms with Crippen LogP contribution in [-0.2, 0) is 11.3 Å². The van der Waals surface area contributed by atoms with Gasteiger partial charge in [-0.15, -0.1) is 0 Å². The van der Waals surface area contributed by atoms with E-state index in [-0.39, 0.29) is 18.3 Å². The molecule has 1 amide bonds. The lowest BCUT2D eigenvalue weighted by Gasteiger charge is -2.09. The first kappa shape index (κ1) is 16.1. The monoisotopic (exact) mass is 326 g/mol. The summed E-state index contributed by atoms with van der Waals surface area (Å²) in [6, 6.07) is 16.3. The van der Waals surface area contributed by atoms with Crippen molar-refractivity contribution in [1.29, 1.82) is 0 Å². The number of hydrogen-bond donors (Lipinski definition) is 1. The maximum absolute atomic E-state index is 13.4. The van der Waals surface area contributed by atoms with Crippen LogP contribution in [0.5, 0.6) is 5.75 Å². The average Bonchev–Trinajstić information content (AvgIpc) is 3.01. The molecule has 0 aliphatic heterocycles. The van der Waals surface area contributed by atoms with Crippen LogP contribution >= 0.6 is 0 Å². The van der Waals surface area contributed by atoms with Gasteiger partial charge in [-0.2, -0.15) is 0 Å². The number of hydrogen-bond acceptors (Lipinski definition) is 2. The Morgan fingerprint density at radius 2 is 1.88 bits per heavy atom. The summed E-state index contributed by atoms with van der Waals surface area (Å²) in [7, 11) is 0. The zero-order valence-corrected chi connectivity index (χ0v) is 13.2. The third kappa shape index (κ3) is 3.93. The van der Waals surface area contributed by atoms with Crippen LogP contribution in [0.25, 0.3) is 10.9 Å². The second-order valence-electron chi connectivity index (χ2n) is 5.49. The molecule has 24 heavy (non-hydrogen) atoms. The van der Waals surface area contributed by atoms with Crippen LogP contribution in [0, 0.1) is 5.82 Å². The highest BCUT2D eigenvalue weighted by Gasteiger charge is 2.06. The second-order valence-corrected chi connectivity index (χ2v) is 5.49. The topological polar surface area (TPSA) is 43.3 Å². The van der Waals surface area contributed by atoms with Crippen LogP contribution in [0.4, 0.5) is 4.39 Å². The molecule has 4 nitrogen and oxygen atoms in total. The maximum Gasteiger partial charge on any atom is 0.257 e. The number of aromatic nitrogens is 1. The zero-order chi connectivity index (χ0) is 16.8. The van der Waals surface area contributed by atoms with Gasteiger partial charge in [0, 0.05) is 24.8 Å². The number of para-hydroxylation sites is 2. The first-order valence-corrected chi connectivity index (χ1v) is 7.92. The lowest BCUT2D eigenvalue weighted by Crippen LogP contribution is -2.30. The van der Waals surface area contributed by atoms with Gasteiger partial charge in [0.15, 0.2) is 18.2 Å². The molecule has 0 spiro atoms. The van der Waals surface area contributed by atoms with E-state index in [1.165, 1.54) is 23.0 Å². The van der Waals surface area contributed by atoms with Gasteiger partial charge < -0.3 is 14.6 Å². The Kier molecular flexibility index (Phi) is 5.11. The summed E-state index contributed by atoms with van der Waals surface area (Å²) in [6.07, 6.45) is 2.86. The van der Waals surface area contributed by atoms with Crippen LogP contribution < -0.4 is 10.1 Å². The van der Waals surface area contributed by atoms with Gasteiger partial charge in [-0.3, -0.25) is 4.79 Å². The molecule has 3 aromatic rings. The van der Waals surface area contributed by atoms with Crippen LogP contribution in [0.15, 0.2) is 60.8 Å². The lowest BCUT2D eigenvalue weighted by atomic mass is 10.2. The van der Waals surface area contributed by atoms with Crippen molar-refractivity contribution in [3.05, 3.63) is 66.6 Å². The minimum atomic E-state index is -0.468. The van der Waals surface area contributed by atoms with Crippen molar-refractivity contribution in [2.24, 2.45) is 0 Å². The molecule has 124 valence electrons. The van der Waals surface area contributed by atoms with Gasteiger partial charge in [0.2, 0.25) is 0 Å². The molecule has 3 rings (SSSR count). The van der Waals surface area contributed by atoms with Crippen molar-refractivity contribution in [2.75, 3.05) is 13.2 Å². The van der Waals surface area contributed by atoms with Crippen LogP contribution in [0.1, 0.15) is 6.42 Å². The number of carbonyl (C=O) groups excluding carboxylic acids is 1. The molecule has 5 heteroatoms. The lowest BCUT2D eigenvalue weighted by molar-refractivity contribution is -0.123. The summed E-state index contributed by atoms with van der Waals surface area (Å²) < 4.78 is 20.7. The number of halogens is 1. The van der Waals surface area contributed by atoms with E-state index in [9.17, 15) is 9.18 Å². The second kappa shape index (κ2) is 7.64. The minimum Gasteiger partial charge on any atom is -0.481 e. The largest absolute Gasteiger partial charge is 0.481 e. The van der Waals surface area contributed by atoms with E-state index in [2.05, 4.69) is 28.1 Å². The predicted octanol–water partition coefficient (Wildman–Crippen LogP) is 3.37. The van der Waals surface area contributed by atoms with E-state index in [0.29, 0.717) is 6.54 Å². The summed E-state index contributed by atoms with van der Waals surface area (Å²) in [5, 5.41) is 3.99. The number of rotatable bonds is 7. The van der Waals surface area contributed by atoms with Gasteiger partial charge in [0.1, 0.15) is 0 Å². The molecule has 0 saturated carbocycles. The molecule has 0 atom stereocenters. The number of fused-ring (bicyclic) bond motifs is 1. The highest BCUT2D eigenvalue weighted by molar-refractivity contribution is 5.80. The Morgan fingerprint density at radius 1 is 1.08 bits per heavy atom. The van der Waals surface area contributed by atoms with Gasteiger partial charge in [-0.1, -0.05) is 30.3 Å². The Bertz CT molecular complexity index is 829. The fourth-order valence-electron chi connectivity index (χ4n) is 2.57. The molecule has 1 heterocycles. The van der Waals surface area contributed by atoms with E-state index in [0.717, 1.165) is 13.0 Å². The predicted molar refractivity (Wildman–Crippen MR) is 91.5 cm³/mol. The average molecular weight is 326 g/mol. The molecular weight excluding hydrogens is 307 g/mol. The molecule has 0 unspecified atom stereocenters. The van der Waals surface area contributed by atoms with Crippen molar-refractivity contribution in [1.82, 2.24) is 9.88 Å². The summed E-state index contributed by atoms with van der Waals surface area (Å²) in [4.78, 5) is 11.7. The molecule has 0 saturated heterocycles. The molecule has 2 aromatic carbocycles. The normalized spacial score (nSPS) is 10.7. The van der Waals surface area contributed by atoms with E-state index in [1.807, 2.05) is 18.3 Å². The van der Waals surface area contributed by atoms with Gasteiger partial charge >= 0.3 is 0 Å². The smallest absolute Gasteiger partial charge is 0.257 e. The molecule has 1 aromatic heterocycles. The van der Waals surface area contributed by atoms with Crippen LogP contribution in [-0.4, -0.2) is 23.6 Å². The number of carbonyl (C=O) groups is 1. The molecular formula is C19H19FN2O2. The third-order valence-corrected chi connectivity index (χ3v) is 3.77. The summed E-state index contributed by atoms with van der Waals surface area (Å²) >= 11 is 0. The van der Waals surface area contributed by atoms with Crippen molar-refractivity contribution in [2.45, 2.75) is 13.0 Å². The number of aryl methyl sites for hydroxylation is 1. The fraction of sp³-hybridized carbons (Fsp3) is 0.211. The van der Waals surface area contributed by atoms with Crippen molar-refractivity contribution < 1.29 is 13.9 Å². The maximum atomic E-state index is 13.4. The van der Waals surface area contributed by atoms with Crippen LogP contribution in [0.2, 0.25) is 0 Å². The SMILES string of the molecule is O=C(COc1ccccc1F)NCCCn1ccc2ccccc21. The Morgan fingerprint density at radius 3 is 2.75 bits per heavy atom. The standard InChI is InChI=1S/C19H19FN2O2/c20-16-7-2-4-9-18(16)24-14-19(23)21-11-5-12-22-13-10-15-6-1-3-8-17(15)22/h1-4,6-10,13H,5,11-12,14H2,(H,21,23). The molecule has 0 radical (unpaired) electrons. The number of nitrogens with zero attached hydrogens (tertiary/aromatic N) is 1. The van der Waals surface area contributed by atoms with Gasteiger partial charge in [0.05, 0.1) is 0 Å². The van der Waals surface area contributed by atoms with Crippen molar-refractivity contribution >= 4 is 16.8 Å². The minimum absolute atomic E-state index is 0.0893. The van der Waals surface area contributed by atoms with E-state index in [4.69, 9.17) is 4.74 Å². The Balaban J connectivity index is 1.40. The van der Waals surface area contributed by atoms with Gasteiger partial charge in [-0.05, 0) is 36.1 Å². The van der Waals surface area contributed by atoms with Crippen molar-refractivity contribution in [3.63, 3.8) is 0 Å². The zero-order valence-electron chi connectivity index (χ0n) is 13.2. The molecule has 1 N–H and O–H groups in total. The number of ether oxygens (including phenoxy) is 1. The molecule has 0 aliphatic rings. The van der Waals surface area contributed by atoms with Gasteiger partial charge in [0.25, 0.3) is 5.91 Å². The fourth-order valence-corrected chi connectivity index (χ4v) is 2.57. The Hall–Kier alpha value is -2.82. The molecule has 0 fully saturated rings. The van der Waals surface area contributed by atoms with Crippen LogP contribution in [0.3, 0.4) is 0 Å². The molecule has 0 bridgehead atoms. The van der Waals surface area contributed by atoms with E-state index >= 15 is 0 Å².